The Labute approximate surface area is 119 Å². The Hall–Kier alpha value is -2.10. The predicted octanol–water partition coefficient (Wildman–Crippen LogP) is 3.38. The molecule has 108 valence electrons. The molecule has 0 spiro atoms. The average molecular weight is 276 g/mol. The summed E-state index contributed by atoms with van der Waals surface area (Å²) < 4.78 is 9.02. The minimum Gasteiger partial charge on any atom is -0.465 e. The van der Waals surface area contributed by atoms with Crippen molar-refractivity contribution < 1.29 is 19.1 Å². The number of allylic oxidation sites excluding steroid dienone is 2. The van der Waals surface area contributed by atoms with Crippen molar-refractivity contribution >= 4 is 11.9 Å². The molecule has 1 aliphatic carbocycles. The quantitative estimate of drug-likeness (QED) is 0.614. The van der Waals surface area contributed by atoms with Crippen molar-refractivity contribution in [2.75, 3.05) is 14.2 Å². The van der Waals surface area contributed by atoms with Crippen molar-refractivity contribution in [3.05, 3.63) is 47.5 Å². The van der Waals surface area contributed by atoms with Crippen LogP contribution in [0.4, 0.5) is 0 Å². The van der Waals surface area contributed by atoms with Gasteiger partial charge in [-0.1, -0.05) is 12.2 Å². The molecule has 0 aromatic heterocycles. The van der Waals surface area contributed by atoms with E-state index in [0.717, 1.165) is 0 Å². The van der Waals surface area contributed by atoms with Gasteiger partial charge in [0.1, 0.15) is 0 Å². The summed E-state index contributed by atoms with van der Waals surface area (Å²) in [6.07, 6.45) is 10.0. The fraction of sp³-hybridized carbons (Fsp3) is 0.375. The number of esters is 2. The van der Waals surface area contributed by atoms with Gasteiger partial charge in [0, 0.05) is 0 Å². The van der Waals surface area contributed by atoms with Gasteiger partial charge in [-0.2, -0.15) is 0 Å². The van der Waals surface area contributed by atoms with Crippen LogP contribution >= 0.6 is 0 Å². The van der Waals surface area contributed by atoms with E-state index in [0.29, 0.717) is 11.1 Å². The maximum atomic E-state index is 11.0. The molecule has 4 nitrogen and oxygen atoms in total. The predicted molar refractivity (Wildman–Crippen MR) is 76.7 cm³/mol. The van der Waals surface area contributed by atoms with E-state index in [1.54, 1.807) is 0 Å². The van der Waals surface area contributed by atoms with E-state index < -0.39 is 11.9 Å². The molecule has 1 aromatic carbocycles. The largest absolute Gasteiger partial charge is 0.465 e. The summed E-state index contributed by atoms with van der Waals surface area (Å²) in [4.78, 5) is 22.1. The van der Waals surface area contributed by atoms with Crippen LogP contribution in [0.15, 0.2) is 36.4 Å². The van der Waals surface area contributed by atoms with E-state index in [4.69, 9.17) is 0 Å². The summed E-state index contributed by atoms with van der Waals surface area (Å²) in [5, 5.41) is 0. The van der Waals surface area contributed by atoms with Crippen LogP contribution in [-0.2, 0) is 9.47 Å². The zero-order chi connectivity index (χ0) is 14.8. The maximum absolute atomic E-state index is 11.0. The zero-order valence-corrected chi connectivity index (χ0v) is 11.9. The Morgan fingerprint density at radius 3 is 1.35 bits per heavy atom. The first-order chi connectivity index (χ1) is 9.69. The topological polar surface area (TPSA) is 52.6 Å². The van der Waals surface area contributed by atoms with Gasteiger partial charge in [0.15, 0.2) is 0 Å². The van der Waals surface area contributed by atoms with Gasteiger partial charge in [-0.3, -0.25) is 0 Å². The Morgan fingerprint density at radius 1 is 0.800 bits per heavy atom. The van der Waals surface area contributed by atoms with E-state index in [9.17, 15) is 9.59 Å². The number of ether oxygens (including phenoxy) is 2. The molecule has 20 heavy (non-hydrogen) atoms. The Kier molecular flexibility index (Phi) is 7.11. The van der Waals surface area contributed by atoms with E-state index in [-0.39, 0.29) is 0 Å². The summed E-state index contributed by atoms with van der Waals surface area (Å²) in [6.45, 7) is 0. The van der Waals surface area contributed by atoms with Crippen molar-refractivity contribution in [1.29, 1.82) is 0 Å². The summed E-state index contributed by atoms with van der Waals surface area (Å²) in [5.41, 5.74) is 0.806. The van der Waals surface area contributed by atoms with Gasteiger partial charge in [-0.15, -0.1) is 0 Å². The van der Waals surface area contributed by atoms with E-state index in [1.165, 1.54) is 64.2 Å². The molecule has 2 rings (SSSR count). The van der Waals surface area contributed by atoms with Gasteiger partial charge in [-0.05, 0) is 49.9 Å². The lowest BCUT2D eigenvalue weighted by molar-refractivity contribution is 0.0586. The molecule has 0 saturated carbocycles. The second-order valence-corrected chi connectivity index (χ2v) is 4.32. The minimum absolute atomic E-state index is 0.403. The first-order valence-electron chi connectivity index (χ1n) is 6.60. The van der Waals surface area contributed by atoms with Crippen LogP contribution in [0.25, 0.3) is 0 Å². The van der Waals surface area contributed by atoms with Gasteiger partial charge in [-0.25, -0.2) is 9.59 Å². The summed E-state index contributed by atoms with van der Waals surface area (Å²) in [6, 6.07) is 6.05. The first-order valence-corrected chi connectivity index (χ1v) is 6.60. The van der Waals surface area contributed by atoms with Gasteiger partial charge in [0.05, 0.1) is 25.3 Å². The molecule has 0 atom stereocenters. The molecule has 0 fully saturated rings. The van der Waals surface area contributed by atoms with Gasteiger partial charge in [0.25, 0.3) is 0 Å². The highest BCUT2D eigenvalue weighted by atomic mass is 16.5. The number of carbonyl (C=O) groups excluding carboxylic acids is 2. The van der Waals surface area contributed by atoms with Crippen molar-refractivity contribution in [2.45, 2.75) is 25.7 Å². The maximum Gasteiger partial charge on any atom is 0.337 e. The van der Waals surface area contributed by atoms with Crippen molar-refractivity contribution in [1.82, 2.24) is 0 Å². The minimum atomic E-state index is -0.429. The molecule has 0 radical (unpaired) electrons. The normalized spacial score (nSPS) is 12.9. The lowest BCUT2D eigenvalue weighted by atomic mass is 10.1. The number of rotatable bonds is 2. The molecule has 0 bridgehead atoms. The average Bonchev–Trinajstić information content (AvgIpc) is 2.55. The van der Waals surface area contributed by atoms with Crippen molar-refractivity contribution in [3.63, 3.8) is 0 Å². The smallest absolute Gasteiger partial charge is 0.337 e. The number of hydrogen-bond donors (Lipinski definition) is 0. The number of methoxy groups -OCH3 is 2. The van der Waals surface area contributed by atoms with Crippen LogP contribution in [-0.4, -0.2) is 26.2 Å². The standard InChI is InChI=1S/C10H10O4.C6H10/c1-13-9(11)7-3-5-8(6-4-7)10(12)14-2;1-2-4-6-5-3-1/h3-6H,1-2H3;1-2H,3-6H2. The number of hydrogen-bond acceptors (Lipinski definition) is 4. The van der Waals surface area contributed by atoms with E-state index in [2.05, 4.69) is 21.6 Å². The van der Waals surface area contributed by atoms with Crippen LogP contribution in [0.3, 0.4) is 0 Å². The molecule has 0 unspecified atom stereocenters. The third-order valence-electron chi connectivity index (χ3n) is 2.89. The third-order valence-corrected chi connectivity index (χ3v) is 2.89. The molecule has 0 amide bonds. The molecule has 0 aliphatic heterocycles. The monoisotopic (exact) mass is 276 g/mol. The number of carbonyl (C=O) groups is 2. The molecular weight excluding hydrogens is 256 g/mol. The van der Waals surface area contributed by atoms with Crippen molar-refractivity contribution in [2.24, 2.45) is 0 Å². The molecular formula is C16H20O4. The molecule has 1 aliphatic rings. The van der Waals surface area contributed by atoms with Gasteiger partial charge in [0.2, 0.25) is 0 Å². The van der Waals surface area contributed by atoms with Crippen molar-refractivity contribution in [3.8, 4) is 0 Å². The highest BCUT2D eigenvalue weighted by Gasteiger charge is 2.08. The second kappa shape index (κ2) is 8.91. The van der Waals surface area contributed by atoms with Crippen LogP contribution in [0.5, 0.6) is 0 Å². The SMILES string of the molecule is C1=CCCCC1.COC(=O)c1ccc(C(=O)OC)cc1. The lowest BCUT2D eigenvalue weighted by Crippen LogP contribution is -2.04. The molecule has 4 heteroatoms. The Bertz CT molecular complexity index is 417. The van der Waals surface area contributed by atoms with Gasteiger partial charge >= 0.3 is 11.9 Å². The van der Waals surface area contributed by atoms with E-state index >= 15 is 0 Å². The first kappa shape index (κ1) is 16.0. The van der Waals surface area contributed by atoms with Crippen LogP contribution in [0, 0.1) is 0 Å². The van der Waals surface area contributed by atoms with Crippen LogP contribution in [0.1, 0.15) is 46.4 Å². The molecule has 0 heterocycles. The Balaban J connectivity index is 0.000000276. The molecule has 1 aromatic rings. The van der Waals surface area contributed by atoms with Crippen LogP contribution in [0.2, 0.25) is 0 Å². The van der Waals surface area contributed by atoms with Crippen LogP contribution < -0.4 is 0 Å². The third kappa shape index (κ3) is 5.26. The fourth-order valence-electron chi connectivity index (χ4n) is 1.74. The summed E-state index contributed by atoms with van der Waals surface area (Å²) in [5.74, 6) is -0.858. The summed E-state index contributed by atoms with van der Waals surface area (Å²) >= 11 is 0. The Morgan fingerprint density at radius 2 is 1.15 bits per heavy atom. The lowest BCUT2D eigenvalue weighted by Gasteiger charge is -2.00. The second-order valence-electron chi connectivity index (χ2n) is 4.32. The molecule has 0 N–H and O–H groups in total. The highest BCUT2D eigenvalue weighted by molar-refractivity contribution is 5.93. The van der Waals surface area contributed by atoms with E-state index in [1.807, 2.05) is 0 Å². The zero-order valence-electron chi connectivity index (χ0n) is 11.9. The number of benzene rings is 1. The summed E-state index contributed by atoms with van der Waals surface area (Å²) in [7, 11) is 2.60. The highest BCUT2D eigenvalue weighted by Crippen LogP contribution is 2.07. The van der Waals surface area contributed by atoms with Gasteiger partial charge < -0.3 is 9.47 Å². The molecule has 0 saturated heterocycles. The fourth-order valence-corrected chi connectivity index (χ4v) is 1.74.